The van der Waals surface area contributed by atoms with Crippen LogP contribution in [0.5, 0.6) is 0 Å². The monoisotopic (exact) mass is 175 g/mol. The fraction of sp³-hybridized carbons (Fsp3) is 0.889. The van der Waals surface area contributed by atoms with E-state index in [1.807, 2.05) is 0 Å². The molecule has 0 aliphatic carbocycles. The summed E-state index contributed by atoms with van der Waals surface area (Å²) >= 11 is 0. The zero-order valence-electron chi connectivity index (χ0n) is 8.93. The third kappa shape index (κ3) is 22.7. The van der Waals surface area contributed by atoms with Crippen LogP contribution in [0.25, 0.3) is 0 Å². The van der Waals surface area contributed by atoms with Gasteiger partial charge < -0.3 is 10.8 Å². The third-order valence-electron chi connectivity index (χ3n) is 0.603. The number of amides is 1. The van der Waals surface area contributed by atoms with Gasteiger partial charge in [-0.1, -0.05) is 27.7 Å². The van der Waals surface area contributed by atoms with E-state index in [2.05, 4.69) is 33.4 Å². The van der Waals surface area contributed by atoms with Crippen molar-refractivity contribution >= 4 is 5.91 Å². The Bertz CT molecular complexity index is 134. The van der Waals surface area contributed by atoms with Gasteiger partial charge in [0.1, 0.15) is 5.60 Å². The fourth-order valence-corrected chi connectivity index (χ4v) is 0. The Morgan fingerprint density at radius 2 is 1.17 bits per heavy atom. The number of rotatable bonds is 1. The largest absolute Gasteiger partial charge is 0.381 e. The standard InChI is InChI=1S/C5H12.C4H9NO2/c1-5(2,3)4;1-4(2,7)3(5)6/h1-4H3;7H,1-2H3,(H2,5,6). The molecule has 0 aromatic heterocycles. The minimum absolute atomic E-state index is 0.500. The molecule has 0 aliphatic heterocycles. The van der Waals surface area contributed by atoms with Crippen LogP contribution in [0.15, 0.2) is 0 Å². The molecule has 0 spiro atoms. The molecule has 0 saturated heterocycles. The fourth-order valence-electron chi connectivity index (χ4n) is 0. The van der Waals surface area contributed by atoms with E-state index < -0.39 is 11.5 Å². The van der Waals surface area contributed by atoms with Gasteiger partial charge in [-0.3, -0.25) is 4.79 Å². The van der Waals surface area contributed by atoms with Gasteiger partial charge in [-0.2, -0.15) is 0 Å². The van der Waals surface area contributed by atoms with Crippen LogP contribution in [-0.4, -0.2) is 16.6 Å². The van der Waals surface area contributed by atoms with E-state index in [-0.39, 0.29) is 0 Å². The lowest BCUT2D eigenvalue weighted by molar-refractivity contribution is -0.132. The SMILES string of the molecule is CC(C)(C)C.CC(C)(O)C(N)=O. The van der Waals surface area contributed by atoms with Gasteiger partial charge in [0.2, 0.25) is 5.91 Å². The van der Waals surface area contributed by atoms with E-state index in [0.29, 0.717) is 5.41 Å². The van der Waals surface area contributed by atoms with Gasteiger partial charge in [-0.05, 0) is 19.3 Å². The van der Waals surface area contributed by atoms with Crippen LogP contribution < -0.4 is 5.73 Å². The summed E-state index contributed by atoms with van der Waals surface area (Å²) in [6.07, 6.45) is 0. The Balaban J connectivity index is 0. The Kier molecular flexibility index (Phi) is 5.19. The average molecular weight is 175 g/mol. The first-order valence-corrected chi connectivity index (χ1v) is 3.97. The molecular formula is C9H21NO2. The Morgan fingerprint density at radius 3 is 1.17 bits per heavy atom. The van der Waals surface area contributed by atoms with Crippen molar-refractivity contribution in [2.75, 3.05) is 0 Å². The average Bonchev–Trinajstić information content (AvgIpc) is 1.55. The van der Waals surface area contributed by atoms with Crippen LogP contribution in [0.3, 0.4) is 0 Å². The quantitative estimate of drug-likeness (QED) is 0.631. The van der Waals surface area contributed by atoms with Crippen LogP contribution in [0.2, 0.25) is 0 Å². The molecule has 0 saturated carbocycles. The van der Waals surface area contributed by atoms with Crippen LogP contribution in [0.1, 0.15) is 41.5 Å². The predicted octanol–water partition coefficient (Wildman–Crippen LogP) is 1.29. The third-order valence-corrected chi connectivity index (χ3v) is 0.603. The van der Waals surface area contributed by atoms with Crippen molar-refractivity contribution in [1.82, 2.24) is 0 Å². The van der Waals surface area contributed by atoms with E-state index in [1.54, 1.807) is 0 Å². The molecule has 12 heavy (non-hydrogen) atoms. The molecule has 0 aromatic rings. The summed E-state index contributed by atoms with van der Waals surface area (Å²) in [6, 6.07) is 0. The van der Waals surface area contributed by atoms with E-state index in [4.69, 9.17) is 5.11 Å². The Labute approximate surface area is 75.0 Å². The number of hydrogen-bond acceptors (Lipinski definition) is 2. The lowest BCUT2D eigenvalue weighted by atomic mass is 10.0. The van der Waals surface area contributed by atoms with Gasteiger partial charge in [0.05, 0.1) is 0 Å². The zero-order valence-corrected chi connectivity index (χ0v) is 8.93. The van der Waals surface area contributed by atoms with Crippen molar-refractivity contribution < 1.29 is 9.90 Å². The van der Waals surface area contributed by atoms with Gasteiger partial charge in [0.25, 0.3) is 0 Å². The summed E-state index contributed by atoms with van der Waals surface area (Å²) in [7, 11) is 0. The van der Waals surface area contributed by atoms with Gasteiger partial charge >= 0.3 is 0 Å². The smallest absolute Gasteiger partial charge is 0.248 e. The van der Waals surface area contributed by atoms with E-state index >= 15 is 0 Å². The molecule has 0 bridgehead atoms. The van der Waals surface area contributed by atoms with Crippen molar-refractivity contribution in [3.8, 4) is 0 Å². The molecule has 1 amide bonds. The topological polar surface area (TPSA) is 63.3 Å². The number of aliphatic hydroxyl groups is 1. The summed E-state index contributed by atoms with van der Waals surface area (Å²) < 4.78 is 0. The number of primary amides is 1. The summed E-state index contributed by atoms with van der Waals surface area (Å²) in [5, 5.41) is 8.62. The second kappa shape index (κ2) is 4.45. The molecule has 0 atom stereocenters. The normalized spacial score (nSPS) is 11.6. The number of carbonyl (C=O) groups is 1. The molecule has 0 radical (unpaired) electrons. The van der Waals surface area contributed by atoms with E-state index in [0.717, 1.165) is 0 Å². The van der Waals surface area contributed by atoms with E-state index in [1.165, 1.54) is 13.8 Å². The number of nitrogens with two attached hydrogens (primary N) is 1. The van der Waals surface area contributed by atoms with Crippen molar-refractivity contribution in [2.45, 2.75) is 47.1 Å². The lowest BCUT2D eigenvalue weighted by Gasteiger charge is -2.09. The van der Waals surface area contributed by atoms with Crippen LogP contribution in [0, 0.1) is 5.41 Å². The highest BCUT2D eigenvalue weighted by atomic mass is 16.3. The molecule has 3 nitrogen and oxygen atoms in total. The molecule has 0 unspecified atom stereocenters. The first-order chi connectivity index (χ1) is 4.94. The van der Waals surface area contributed by atoms with E-state index in [9.17, 15) is 4.79 Å². The maximum absolute atomic E-state index is 9.99. The molecule has 0 aromatic carbocycles. The summed E-state index contributed by atoms with van der Waals surface area (Å²) in [5.41, 5.74) is 3.82. The summed E-state index contributed by atoms with van der Waals surface area (Å²) in [6.45, 7) is 11.4. The minimum atomic E-state index is -1.36. The van der Waals surface area contributed by atoms with Crippen LogP contribution >= 0.6 is 0 Å². The molecule has 0 rings (SSSR count). The number of hydrogen-bond donors (Lipinski definition) is 2. The highest BCUT2D eigenvalue weighted by Crippen LogP contribution is 2.08. The second-order valence-electron chi connectivity index (χ2n) is 4.92. The van der Waals surface area contributed by atoms with Gasteiger partial charge in [0, 0.05) is 0 Å². The highest BCUT2D eigenvalue weighted by molar-refractivity contribution is 5.81. The Hall–Kier alpha value is -0.570. The van der Waals surface area contributed by atoms with Crippen molar-refractivity contribution in [1.29, 1.82) is 0 Å². The van der Waals surface area contributed by atoms with Crippen molar-refractivity contribution in [2.24, 2.45) is 11.1 Å². The predicted molar refractivity (Wildman–Crippen MR) is 50.6 cm³/mol. The molecular weight excluding hydrogens is 154 g/mol. The van der Waals surface area contributed by atoms with Crippen molar-refractivity contribution in [3.05, 3.63) is 0 Å². The van der Waals surface area contributed by atoms with Gasteiger partial charge in [-0.25, -0.2) is 0 Å². The maximum Gasteiger partial charge on any atom is 0.248 e. The van der Waals surface area contributed by atoms with Crippen LogP contribution in [0.4, 0.5) is 0 Å². The second-order valence-corrected chi connectivity index (χ2v) is 4.92. The lowest BCUT2D eigenvalue weighted by Crippen LogP contribution is -2.37. The highest BCUT2D eigenvalue weighted by Gasteiger charge is 2.18. The molecule has 3 N–H and O–H groups in total. The molecule has 0 fully saturated rings. The molecule has 0 heterocycles. The summed E-state index contributed by atoms with van der Waals surface area (Å²) in [5.74, 6) is -0.701. The first kappa shape index (κ1) is 14.0. The van der Waals surface area contributed by atoms with Crippen LogP contribution in [-0.2, 0) is 4.79 Å². The minimum Gasteiger partial charge on any atom is -0.381 e. The summed E-state index contributed by atoms with van der Waals surface area (Å²) in [4.78, 5) is 9.99. The molecule has 0 aliphatic rings. The molecule has 3 heteroatoms. The Morgan fingerprint density at radius 1 is 1.08 bits per heavy atom. The van der Waals surface area contributed by atoms with Gasteiger partial charge in [0.15, 0.2) is 0 Å². The van der Waals surface area contributed by atoms with Crippen molar-refractivity contribution in [3.63, 3.8) is 0 Å². The first-order valence-electron chi connectivity index (χ1n) is 3.97. The zero-order chi connectivity index (χ0) is 10.6. The maximum atomic E-state index is 9.99. The number of carbonyl (C=O) groups excluding carboxylic acids is 1. The van der Waals surface area contributed by atoms with Gasteiger partial charge in [-0.15, -0.1) is 0 Å². The molecule has 74 valence electrons.